The molecule has 0 amide bonds. The molecule has 2 saturated heterocycles. The van der Waals surface area contributed by atoms with Gasteiger partial charge in [0.1, 0.15) is 0 Å². The zero-order chi connectivity index (χ0) is 12.4. The molecule has 4 rings (SSSR count). The summed E-state index contributed by atoms with van der Waals surface area (Å²) in [6.07, 6.45) is 4.49. The molecule has 1 N–H and O–H groups in total. The van der Waals surface area contributed by atoms with Crippen molar-refractivity contribution < 1.29 is 9.84 Å². The molecule has 0 spiro atoms. The minimum absolute atomic E-state index is 0.00319. The van der Waals surface area contributed by atoms with Crippen LogP contribution in [0.3, 0.4) is 0 Å². The summed E-state index contributed by atoms with van der Waals surface area (Å²) in [5.74, 6) is 2.37. The van der Waals surface area contributed by atoms with Gasteiger partial charge in [-0.3, -0.25) is 0 Å². The Hall–Kier alpha value is -0.0800. The Labute approximate surface area is 105 Å². The molecule has 2 nitrogen and oxygen atoms in total. The second-order valence-corrected chi connectivity index (χ2v) is 7.46. The molecule has 4 aliphatic rings. The summed E-state index contributed by atoms with van der Waals surface area (Å²) < 4.78 is 6.46. The lowest BCUT2D eigenvalue weighted by Gasteiger charge is -2.48. The highest BCUT2D eigenvalue weighted by atomic mass is 16.5. The first kappa shape index (κ1) is 12.0. The zero-order valence-electron chi connectivity index (χ0n) is 11.6. The van der Waals surface area contributed by atoms with Crippen molar-refractivity contribution in [2.75, 3.05) is 0 Å². The Balaban J connectivity index is 2.01. The van der Waals surface area contributed by atoms with Gasteiger partial charge in [0, 0.05) is 5.92 Å². The molecule has 0 aromatic carbocycles. The van der Waals surface area contributed by atoms with E-state index in [9.17, 15) is 5.11 Å². The predicted molar refractivity (Wildman–Crippen MR) is 67.7 cm³/mol. The van der Waals surface area contributed by atoms with Gasteiger partial charge in [0.05, 0.1) is 17.3 Å². The first-order valence-corrected chi connectivity index (χ1v) is 7.22. The highest BCUT2D eigenvalue weighted by Crippen LogP contribution is 2.58. The van der Waals surface area contributed by atoms with E-state index in [1.54, 1.807) is 0 Å². The van der Waals surface area contributed by atoms with Gasteiger partial charge in [-0.1, -0.05) is 6.92 Å². The van der Waals surface area contributed by atoms with Crippen LogP contribution in [0.5, 0.6) is 0 Å². The van der Waals surface area contributed by atoms with Crippen LogP contribution in [0.1, 0.15) is 53.4 Å². The van der Waals surface area contributed by atoms with Gasteiger partial charge >= 0.3 is 0 Å². The summed E-state index contributed by atoms with van der Waals surface area (Å²) in [6.45, 7) is 9.05. The molecule has 0 radical (unpaired) electrons. The summed E-state index contributed by atoms with van der Waals surface area (Å²) >= 11 is 0. The number of ether oxygens (including phenoxy) is 1. The second kappa shape index (κ2) is 3.48. The van der Waals surface area contributed by atoms with Crippen LogP contribution in [0.15, 0.2) is 0 Å². The van der Waals surface area contributed by atoms with E-state index >= 15 is 0 Å². The Morgan fingerprint density at radius 2 is 1.88 bits per heavy atom. The molecule has 0 aromatic rings. The first-order chi connectivity index (χ1) is 7.83. The highest BCUT2D eigenvalue weighted by Gasteiger charge is 2.59. The van der Waals surface area contributed by atoms with Crippen LogP contribution in [0, 0.1) is 23.7 Å². The van der Waals surface area contributed by atoms with Crippen LogP contribution in [-0.2, 0) is 4.74 Å². The molecule has 2 aliphatic heterocycles. The summed E-state index contributed by atoms with van der Waals surface area (Å²) in [6, 6.07) is 0. The standard InChI is InChI=1S/C15H26O2/c1-9-7-12(16)13-11(9)8-10-5-6-15(13,4)17-14(10,2)3/h9-13,16H,5-8H2,1-4H3. The maximum Gasteiger partial charge on any atom is 0.0717 e. The van der Waals surface area contributed by atoms with Crippen LogP contribution < -0.4 is 0 Å². The Morgan fingerprint density at radius 1 is 1.18 bits per heavy atom. The summed E-state index contributed by atoms with van der Waals surface area (Å²) in [5, 5.41) is 10.4. The Kier molecular flexibility index (Phi) is 2.45. The minimum atomic E-state index is -0.146. The SMILES string of the molecule is CC1CC(O)C2C1CC1CCC2(C)OC1(C)C. The Bertz CT molecular complexity index is 325. The number of hydrogen-bond acceptors (Lipinski definition) is 2. The van der Waals surface area contributed by atoms with Crippen LogP contribution in [0.4, 0.5) is 0 Å². The summed E-state index contributed by atoms with van der Waals surface area (Å²) in [4.78, 5) is 0. The molecular formula is C15H26O2. The fraction of sp³-hybridized carbons (Fsp3) is 1.00. The van der Waals surface area contributed by atoms with E-state index in [2.05, 4.69) is 27.7 Å². The normalized spacial score (nSPS) is 56.6. The predicted octanol–water partition coefficient (Wildman–Crippen LogP) is 2.99. The molecule has 2 aliphatic carbocycles. The van der Waals surface area contributed by atoms with Gasteiger partial charge in [-0.25, -0.2) is 0 Å². The summed E-state index contributed by atoms with van der Waals surface area (Å²) in [7, 11) is 0. The number of rotatable bonds is 0. The number of aliphatic hydroxyl groups is 1. The smallest absolute Gasteiger partial charge is 0.0717 e. The number of hydrogen-bond donors (Lipinski definition) is 1. The highest BCUT2D eigenvalue weighted by molar-refractivity contribution is 5.08. The van der Waals surface area contributed by atoms with Gasteiger partial charge < -0.3 is 9.84 Å². The van der Waals surface area contributed by atoms with E-state index in [0.29, 0.717) is 23.7 Å². The van der Waals surface area contributed by atoms with Gasteiger partial charge in [-0.15, -0.1) is 0 Å². The van der Waals surface area contributed by atoms with Crippen molar-refractivity contribution in [3.8, 4) is 0 Å². The van der Waals surface area contributed by atoms with Crippen LogP contribution in [0.25, 0.3) is 0 Å². The lowest BCUT2D eigenvalue weighted by atomic mass is 9.77. The molecule has 0 aromatic heterocycles. The van der Waals surface area contributed by atoms with Crippen molar-refractivity contribution in [3.05, 3.63) is 0 Å². The van der Waals surface area contributed by atoms with E-state index in [-0.39, 0.29) is 17.3 Å². The lowest BCUT2D eigenvalue weighted by molar-refractivity contribution is -0.209. The van der Waals surface area contributed by atoms with Gasteiger partial charge in [-0.2, -0.15) is 0 Å². The average molecular weight is 238 g/mol. The van der Waals surface area contributed by atoms with Crippen LogP contribution in [-0.4, -0.2) is 22.4 Å². The van der Waals surface area contributed by atoms with Crippen molar-refractivity contribution in [3.63, 3.8) is 0 Å². The number of aliphatic hydroxyl groups excluding tert-OH is 1. The fourth-order valence-corrected chi connectivity index (χ4v) is 5.09. The first-order valence-electron chi connectivity index (χ1n) is 7.22. The lowest BCUT2D eigenvalue weighted by Crippen LogP contribution is -2.51. The van der Waals surface area contributed by atoms with Gasteiger partial charge in [0.2, 0.25) is 0 Å². The van der Waals surface area contributed by atoms with Crippen molar-refractivity contribution in [1.29, 1.82) is 0 Å². The maximum absolute atomic E-state index is 10.4. The van der Waals surface area contributed by atoms with Gasteiger partial charge in [-0.05, 0) is 64.2 Å². The van der Waals surface area contributed by atoms with E-state index < -0.39 is 0 Å². The number of fused-ring (bicyclic) bond motifs is 2. The van der Waals surface area contributed by atoms with Crippen molar-refractivity contribution in [1.82, 2.24) is 0 Å². The van der Waals surface area contributed by atoms with Crippen molar-refractivity contribution in [2.45, 2.75) is 70.7 Å². The average Bonchev–Trinajstić information content (AvgIpc) is 2.36. The van der Waals surface area contributed by atoms with E-state index in [0.717, 1.165) is 12.8 Å². The van der Waals surface area contributed by atoms with Crippen molar-refractivity contribution >= 4 is 0 Å². The molecule has 2 heterocycles. The summed E-state index contributed by atoms with van der Waals surface area (Å²) in [5.41, 5.74) is -0.0951. The van der Waals surface area contributed by atoms with Gasteiger partial charge in [0.25, 0.3) is 0 Å². The molecule has 6 atom stereocenters. The third-order valence-electron chi connectivity index (χ3n) is 5.95. The third-order valence-corrected chi connectivity index (χ3v) is 5.95. The molecule has 6 unspecified atom stereocenters. The van der Waals surface area contributed by atoms with Gasteiger partial charge in [0.15, 0.2) is 0 Å². The molecule has 98 valence electrons. The Morgan fingerprint density at radius 3 is 2.53 bits per heavy atom. The molecule has 2 saturated carbocycles. The molecule has 2 heteroatoms. The third kappa shape index (κ3) is 1.60. The maximum atomic E-state index is 10.4. The van der Waals surface area contributed by atoms with E-state index in [1.807, 2.05) is 0 Å². The van der Waals surface area contributed by atoms with E-state index in [4.69, 9.17) is 4.74 Å². The van der Waals surface area contributed by atoms with Crippen LogP contribution >= 0.6 is 0 Å². The largest absolute Gasteiger partial charge is 0.393 e. The zero-order valence-corrected chi connectivity index (χ0v) is 11.6. The molecule has 4 fully saturated rings. The molecule has 17 heavy (non-hydrogen) atoms. The topological polar surface area (TPSA) is 29.5 Å². The monoisotopic (exact) mass is 238 g/mol. The minimum Gasteiger partial charge on any atom is -0.393 e. The van der Waals surface area contributed by atoms with Crippen LogP contribution in [0.2, 0.25) is 0 Å². The molecular weight excluding hydrogens is 212 g/mol. The van der Waals surface area contributed by atoms with E-state index in [1.165, 1.54) is 12.8 Å². The molecule has 2 bridgehead atoms. The van der Waals surface area contributed by atoms with Crippen molar-refractivity contribution in [2.24, 2.45) is 23.7 Å². The fourth-order valence-electron chi connectivity index (χ4n) is 5.09. The second-order valence-electron chi connectivity index (χ2n) is 7.46. The quantitative estimate of drug-likeness (QED) is 0.703.